The van der Waals surface area contributed by atoms with Crippen LogP contribution in [0.1, 0.15) is 65.2 Å². The first-order valence-electron chi connectivity index (χ1n) is 13.1. The van der Waals surface area contributed by atoms with Gasteiger partial charge in [0.25, 0.3) is 5.91 Å². The second kappa shape index (κ2) is 11.1. The summed E-state index contributed by atoms with van der Waals surface area (Å²) in [5, 5.41) is 11.3. The van der Waals surface area contributed by atoms with Gasteiger partial charge in [0.2, 0.25) is 21.8 Å². The van der Waals surface area contributed by atoms with Crippen molar-refractivity contribution in [2.45, 2.75) is 51.6 Å². The number of sulfonamides is 1. The van der Waals surface area contributed by atoms with Gasteiger partial charge in [0, 0.05) is 28.7 Å². The molecular weight excluding hydrogens is 548 g/mol. The molecule has 2 unspecified atom stereocenters. The lowest BCUT2D eigenvalue weighted by Crippen LogP contribution is -2.35. The quantitative estimate of drug-likeness (QED) is 0.291. The molecule has 1 fully saturated rings. The Morgan fingerprint density at radius 1 is 1.23 bits per heavy atom. The average molecular weight is 581 g/mol. The van der Waals surface area contributed by atoms with Crippen LogP contribution in [0.4, 0.5) is 5.69 Å². The van der Waals surface area contributed by atoms with Gasteiger partial charge in [-0.3, -0.25) is 9.52 Å². The predicted molar refractivity (Wildman–Crippen MR) is 154 cm³/mol. The van der Waals surface area contributed by atoms with Crippen molar-refractivity contribution in [1.82, 2.24) is 20.1 Å². The number of hydrogen-bond donors (Lipinski definition) is 2. The van der Waals surface area contributed by atoms with Gasteiger partial charge in [0.15, 0.2) is 0 Å². The van der Waals surface area contributed by atoms with Crippen molar-refractivity contribution >= 4 is 33.0 Å². The Labute approximate surface area is 237 Å². The standard InChI is InChI=1S/C28H32N6O4S2/c1-4-40(36,37)33-22-14-20(24-31-32-27(38-24)28(3,29)16-19-9-6-5-7-10-19)13-21(15-22)26(35)34-12-8-11-23(34)25-30-18(2)17-39-25/h5-7,9-10,13-15,17,23,33H,4,8,11-12,16,29H2,1-3H3. The van der Waals surface area contributed by atoms with Crippen LogP contribution in [0.5, 0.6) is 0 Å². The molecular formula is C28H32N6O4S2. The summed E-state index contributed by atoms with van der Waals surface area (Å²) in [7, 11) is -3.61. The number of aryl methyl sites for hydroxylation is 1. The third-order valence-electron chi connectivity index (χ3n) is 6.84. The van der Waals surface area contributed by atoms with Gasteiger partial charge in [-0.2, -0.15) is 0 Å². The number of anilines is 1. The summed E-state index contributed by atoms with van der Waals surface area (Å²) in [5.74, 6) is 0.0346. The predicted octanol–water partition coefficient (Wildman–Crippen LogP) is 4.66. The average Bonchev–Trinajstić information content (AvgIpc) is 3.69. The van der Waals surface area contributed by atoms with Crippen molar-refractivity contribution in [3.8, 4) is 11.5 Å². The molecule has 0 spiro atoms. The molecule has 210 valence electrons. The molecule has 5 rings (SSSR count). The minimum absolute atomic E-state index is 0.117. The molecule has 3 heterocycles. The van der Waals surface area contributed by atoms with Crippen molar-refractivity contribution < 1.29 is 17.6 Å². The third kappa shape index (κ3) is 6.08. The lowest BCUT2D eigenvalue weighted by atomic mass is 9.94. The maximum atomic E-state index is 13.8. The van der Waals surface area contributed by atoms with Gasteiger partial charge >= 0.3 is 0 Å². The molecule has 0 saturated carbocycles. The Balaban J connectivity index is 1.49. The molecule has 2 aromatic carbocycles. The molecule has 2 atom stereocenters. The van der Waals surface area contributed by atoms with E-state index < -0.39 is 15.6 Å². The highest BCUT2D eigenvalue weighted by atomic mass is 32.2. The number of aromatic nitrogens is 3. The molecule has 10 nitrogen and oxygen atoms in total. The summed E-state index contributed by atoms with van der Waals surface area (Å²) >= 11 is 1.54. The van der Waals surface area contributed by atoms with Gasteiger partial charge in [0.05, 0.1) is 23.0 Å². The fourth-order valence-electron chi connectivity index (χ4n) is 4.81. The van der Waals surface area contributed by atoms with Gasteiger partial charge in [-0.05, 0) is 63.8 Å². The summed E-state index contributed by atoms with van der Waals surface area (Å²) in [6.07, 6.45) is 2.15. The zero-order valence-corrected chi connectivity index (χ0v) is 24.3. The zero-order valence-electron chi connectivity index (χ0n) is 22.6. The number of nitrogens with two attached hydrogens (primary N) is 1. The smallest absolute Gasteiger partial charge is 0.254 e. The molecule has 2 aromatic heterocycles. The minimum Gasteiger partial charge on any atom is -0.419 e. The van der Waals surface area contributed by atoms with Gasteiger partial charge in [-0.1, -0.05) is 30.3 Å². The van der Waals surface area contributed by atoms with Crippen LogP contribution in [0.15, 0.2) is 58.3 Å². The van der Waals surface area contributed by atoms with E-state index in [1.165, 1.54) is 0 Å². The fraction of sp³-hybridized carbons (Fsp3) is 0.357. The van der Waals surface area contributed by atoms with Crippen LogP contribution in [0.2, 0.25) is 0 Å². The summed E-state index contributed by atoms with van der Waals surface area (Å²) < 4.78 is 33.4. The number of rotatable bonds is 9. The second-order valence-electron chi connectivity index (χ2n) is 10.3. The number of nitrogens with one attached hydrogen (secondary N) is 1. The van der Waals surface area contributed by atoms with E-state index in [0.717, 1.165) is 29.1 Å². The van der Waals surface area contributed by atoms with Gasteiger partial charge in [0.1, 0.15) is 5.01 Å². The molecule has 3 N–H and O–H groups in total. The highest BCUT2D eigenvalue weighted by Gasteiger charge is 2.33. The van der Waals surface area contributed by atoms with E-state index in [0.29, 0.717) is 24.1 Å². The number of hydrogen-bond acceptors (Lipinski definition) is 9. The Morgan fingerprint density at radius 3 is 2.70 bits per heavy atom. The topological polar surface area (TPSA) is 144 Å². The monoisotopic (exact) mass is 580 g/mol. The number of benzene rings is 2. The van der Waals surface area contributed by atoms with Crippen molar-refractivity contribution in [3.05, 3.63) is 81.6 Å². The van der Waals surface area contributed by atoms with Crippen molar-refractivity contribution in [1.29, 1.82) is 0 Å². The van der Waals surface area contributed by atoms with E-state index in [4.69, 9.17) is 10.2 Å². The van der Waals surface area contributed by atoms with Crippen LogP contribution in [-0.4, -0.2) is 46.7 Å². The van der Waals surface area contributed by atoms with Crippen LogP contribution in [-0.2, 0) is 22.0 Å². The van der Waals surface area contributed by atoms with Crippen LogP contribution < -0.4 is 10.5 Å². The number of likely N-dealkylation sites (tertiary alicyclic amines) is 1. The number of thiazole rings is 1. The highest BCUT2D eigenvalue weighted by molar-refractivity contribution is 7.92. The van der Waals surface area contributed by atoms with Crippen LogP contribution in [0.3, 0.4) is 0 Å². The summed E-state index contributed by atoms with van der Waals surface area (Å²) in [5.41, 5.74) is 8.53. The van der Waals surface area contributed by atoms with Crippen molar-refractivity contribution in [2.24, 2.45) is 5.73 Å². The number of amides is 1. The van der Waals surface area contributed by atoms with E-state index in [9.17, 15) is 13.2 Å². The maximum Gasteiger partial charge on any atom is 0.254 e. The van der Waals surface area contributed by atoms with Crippen molar-refractivity contribution in [3.63, 3.8) is 0 Å². The van der Waals surface area contributed by atoms with Crippen molar-refractivity contribution in [2.75, 3.05) is 17.0 Å². The molecule has 4 aromatic rings. The Morgan fingerprint density at radius 2 is 2.00 bits per heavy atom. The Kier molecular flexibility index (Phi) is 7.76. The number of nitrogens with zero attached hydrogens (tertiary/aromatic N) is 4. The lowest BCUT2D eigenvalue weighted by molar-refractivity contribution is 0.0735. The molecule has 0 aliphatic carbocycles. The number of carbonyl (C=O) groups excluding carboxylic acids is 1. The molecule has 1 aliphatic rings. The van der Waals surface area contributed by atoms with Crippen LogP contribution in [0.25, 0.3) is 11.5 Å². The Bertz CT molecular complexity index is 1610. The zero-order chi connectivity index (χ0) is 28.5. The summed E-state index contributed by atoms with van der Waals surface area (Å²) in [6, 6.07) is 14.4. The van der Waals surface area contributed by atoms with E-state index in [-0.39, 0.29) is 35.2 Å². The minimum atomic E-state index is -3.61. The van der Waals surface area contributed by atoms with E-state index in [1.54, 1.807) is 41.4 Å². The summed E-state index contributed by atoms with van der Waals surface area (Å²) in [6.45, 7) is 5.87. The molecule has 1 amide bonds. The lowest BCUT2D eigenvalue weighted by Gasteiger charge is -2.23. The highest BCUT2D eigenvalue weighted by Crippen LogP contribution is 2.36. The van der Waals surface area contributed by atoms with E-state index in [1.807, 2.05) is 49.6 Å². The van der Waals surface area contributed by atoms with Crippen LogP contribution in [0, 0.1) is 6.92 Å². The Hall–Kier alpha value is -3.61. The molecule has 1 aliphatic heterocycles. The SMILES string of the molecule is CCS(=O)(=O)Nc1cc(C(=O)N2CCCC2c2nc(C)cs2)cc(-c2nnc(C(C)(N)Cc3ccccc3)o2)c1. The normalized spacial score (nSPS) is 17.1. The van der Waals surface area contributed by atoms with Gasteiger partial charge in [-0.15, -0.1) is 21.5 Å². The molecule has 0 bridgehead atoms. The number of carbonyl (C=O) groups is 1. The third-order valence-corrected chi connectivity index (χ3v) is 9.21. The summed E-state index contributed by atoms with van der Waals surface area (Å²) in [4.78, 5) is 20.2. The first-order valence-corrected chi connectivity index (χ1v) is 15.6. The van der Waals surface area contributed by atoms with E-state index >= 15 is 0 Å². The first kappa shape index (κ1) is 27.9. The second-order valence-corrected chi connectivity index (χ2v) is 13.2. The van der Waals surface area contributed by atoms with Gasteiger partial charge in [-0.25, -0.2) is 13.4 Å². The fourth-order valence-corrected chi connectivity index (χ4v) is 6.37. The largest absolute Gasteiger partial charge is 0.419 e. The molecule has 40 heavy (non-hydrogen) atoms. The van der Waals surface area contributed by atoms with E-state index in [2.05, 4.69) is 19.9 Å². The van der Waals surface area contributed by atoms with Crippen LogP contribution >= 0.6 is 11.3 Å². The maximum absolute atomic E-state index is 13.8. The van der Waals surface area contributed by atoms with Gasteiger partial charge < -0.3 is 15.1 Å². The molecule has 1 saturated heterocycles. The molecule has 0 radical (unpaired) electrons. The molecule has 12 heteroatoms. The first-order chi connectivity index (χ1) is 19.0.